The molecule has 3 heteroatoms. The molecule has 1 aromatic rings. The second-order valence-corrected chi connectivity index (χ2v) is 4.76. The topological polar surface area (TPSA) is 42.4 Å². The van der Waals surface area contributed by atoms with Crippen LogP contribution in [0.5, 0.6) is 0 Å². The van der Waals surface area contributed by atoms with E-state index in [0.29, 0.717) is 0 Å². The molecule has 1 N–H and O–H groups in total. The lowest BCUT2D eigenvalue weighted by Crippen LogP contribution is -2.55. The molecule has 0 atom stereocenters. The number of nitrogens with zero attached hydrogens (tertiary/aromatic N) is 1. The molecule has 0 unspecified atom stereocenters. The van der Waals surface area contributed by atoms with Gasteiger partial charge in [0.25, 0.3) is 0 Å². The maximum absolute atomic E-state index is 9.54. The first-order valence-corrected chi connectivity index (χ1v) is 5.42. The summed E-state index contributed by atoms with van der Waals surface area (Å²) in [6, 6.07) is 4.06. The van der Waals surface area contributed by atoms with Crippen molar-refractivity contribution in [2.24, 2.45) is 5.41 Å². The third kappa shape index (κ3) is 1.11. The number of hydrogen-bond donors (Lipinski definition) is 1. The van der Waals surface area contributed by atoms with E-state index >= 15 is 0 Å². The van der Waals surface area contributed by atoms with Crippen LogP contribution < -0.4 is 0 Å². The number of hydrogen-bond acceptors (Lipinski definition) is 3. The highest BCUT2D eigenvalue weighted by Gasteiger charge is 2.63. The standard InChI is InChI=1S/C12H15NO2/c14-7-11(3-4-11)12(8-15-9-12)10-2-1-5-13-6-10/h1-2,5-6,14H,3-4,7-9H2. The number of aliphatic hydroxyl groups excluding tert-OH is 1. The highest BCUT2D eigenvalue weighted by Crippen LogP contribution is 2.61. The van der Waals surface area contributed by atoms with Gasteiger partial charge >= 0.3 is 0 Å². The average molecular weight is 205 g/mol. The van der Waals surface area contributed by atoms with Crippen molar-refractivity contribution >= 4 is 0 Å². The molecule has 2 heterocycles. The minimum Gasteiger partial charge on any atom is -0.396 e. The largest absolute Gasteiger partial charge is 0.396 e. The molecule has 3 nitrogen and oxygen atoms in total. The van der Waals surface area contributed by atoms with Crippen molar-refractivity contribution in [3.8, 4) is 0 Å². The van der Waals surface area contributed by atoms with Gasteiger partial charge in [-0.1, -0.05) is 6.07 Å². The number of aromatic nitrogens is 1. The van der Waals surface area contributed by atoms with Gasteiger partial charge in [0.05, 0.1) is 18.6 Å². The zero-order valence-corrected chi connectivity index (χ0v) is 8.65. The summed E-state index contributed by atoms with van der Waals surface area (Å²) in [6.45, 7) is 1.74. The predicted octanol–water partition coefficient (Wildman–Crippen LogP) is 1.12. The van der Waals surface area contributed by atoms with E-state index in [0.717, 1.165) is 26.1 Å². The Balaban J connectivity index is 2.00. The van der Waals surface area contributed by atoms with E-state index in [9.17, 15) is 5.11 Å². The van der Waals surface area contributed by atoms with Crippen LogP contribution in [0.4, 0.5) is 0 Å². The normalized spacial score (nSPS) is 25.7. The fourth-order valence-electron chi connectivity index (χ4n) is 2.67. The number of rotatable bonds is 3. The highest BCUT2D eigenvalue weighted by atomic mass is 16.5. The van der Waals surface area contributed by atoms with Gasteiger partial charge in [0.2, 0.25) is 0 Å². The van der Waals surface area contributed by atoms with E-state index in [1.165, 1.54) is 5.56 Å². The van der Waals surface area contributed by atoms with E-state index in [-0.39, 0.29) is 17.4 Å². The molecule has 1 aromatic heterocycles. The molecular formula is C12H15NO2. The van der Waals surface area contributed by atoms with Gasteiger partial charge in [-0.05, 0) is 24.5 Å². The number of ether oxygens (including phenoxy) is 1. The lowest BCUT2D eigenvalue weighted by Gasteiger charge is -2.47. The molecule has 0 radical (unpaired) electrons. The van der Waals surface area contributed by atoms with Gasteiger partial charge in [0, 0.05) is 24.4 Å². The minimum atomic E-state index is 0.0377. The Kier molecular flexibility index (Phi) is 1.88. The van der Waals surface area contributed by atoms with Gasteiger partial charge < -0.3 is 9.84 Å². The molecular weight excluding hydrogens is 190 g/mol. The van der Waals surface area contributed by atoms with E-state index < -0.39 is 0 Å². The molecule has 0 aromatic carbocycles. The van der Waals surface area contributed by atoms with Crippen LogP contribution in [-0.2, 0) is 10.2 Å². The van der Waals surface area contributed by atoms with Gasteiger partial charge in [-0.2, -0.15) is 0 Å². The van der Waals surface area contributed by atoms with Crippen LogP contribution in [0.15, 0.2) is 24.5 Å². The van der Waals surface area contributed by atoms with Crippen LogP contribution >= 0.6 is 0 Å². The third-order valence-electron chi connectivity index (χ3n) is 4.08. The molecule has 15 heavy (non-hydrogen) atoms. The van der Waals surface area contributed by atoms with Crippen LogP contribution in [0.2, 0.25) is 0 Å². The fourth-order valence-corrected chi connectivity index (χ4v) is 2.67. The van der Waals surface area contributed by atoms with Crippen molar-refractivity contribution in [2.75, 3.05) is 19.8 Å². The second kappa shape index (κ2) is 3.03. The quantitative estimate of drug-likeness (QED) is 0.804. The van der Waals surface area contributed by atoms with E-state index in [2.05, 4.69) is 11.1 Å². The van der Waals surface area contributed by atoms with E-state index in [1.807, 2.05) is 12.3 Å². The molecule has 1 saturated heterocycles. The van der Waals surface area contributed by atoms with Crippen molar-refractivity contribution in [3.63, 3.8) is 0 Å². The van der Waals surface area contributed by atoms with Gasteiger partial charge in [-0.25, -0.2) is 0 Å². The van der Waals surface area contributed by atoms with E-state index in [1.54, 1.807) is 6.20 Å². The summed E-state index contributed by atoms with van der Waals surface area (Å²) in [5, 5.41) is 9.54. The van der Waals surface area contributed by atoms with Crippen LogP contribution in [0.3, 0.4) is 0 Å². The van der Waals surface area contributed by atoms with E-state index in [4.69, 9.17) is 4.74 Å². The Bertz CT molecular complexity index is 355. The fraction of sp³-hybridized carbons (Fsp3) is 0.583. The van der Waals surface area contributed by atoms with Crippen molar-refractivity contribution in [1.82, 2.24) is 4.98 Å². The van der Waals surface area contributed by atoms with Crippen LogP contribution in [0.1, 0.15) is 18.4 Å². The van der Waals surface area contributed by atoms with Crippen molar-refractivity contribution in [3.05, 3.63) is 30.1 Å². The van der Waals surface area contributed by atoms with Crippen LogP contribution in [0.25, 0.3) is 0 Å². The number of aliphatic hydroxyl groups is 1. The van der Waals surface area contributed by atoms with Crippen molar-refractivity contribution < 1.29 is 9.84 Å². The molecule has 1 aliphatic heterocycles. The monoisotopic (exact) mass is 205 g/mol. The molecule has 0 bridgehead atoms. The molecule has 2 aliphatic rings. The first kappa shape index (κ1) is 9.31. The summed E-state index contributed by atoms with van der Waals surface area (Å²) < 4.78 is 5.38. The maximum Gasteiger partial charge on any atom is 0.0592 e. The van der Waals surface area contributed by atoms with Gasteiger partial charge in [0.1, 0.15) is 0 Å². The predicted molar refractivity (Wildman–Crippen MR) is 55.5 cm³/mol. The Morgan fingerprint density at radius 1 is 1.40 bits per heavy atom. The summed E-state index contributed by atoms with van der Waals surface area (Å²) in [6.07, 6.45) is 5.93. The Morgan fingerprint density at radius 3 is 2.60 bits per heavy atom. The molecule has 80 valence electrons. The van der Waals surface area contributed by atoms with Crippen LogP contribution in [-0.4, -0.2) is 29.9 Å². The molecule has 1 saturated carbocycles. The molecule has 0 amide bonds. The second-order valence-electron chi connectivity index (χ2n) is 4.76. The zero-order valence-electron chi connectivity index (χ0n) is 8.65. The summed E-state index contributed by atoms with van der Waals surface area (Å²) in [4.78, 5) is 4.17. The molecule has 1 aliphatic carbocycles. The lowest BCUT2D eigenvalue weighted by atomic mass is 9.67. The van der Waals surface area contributed by atoms with Crippen molar-refractivity contribution in [2.45, 2.75) is 18.3 Å². The summed E-state index contributed by atoms with van der Waals surface area (Å²) in [5.41, 5.74) is 1.34. The Labute approximate surface area is 89.1 Å². The first-order chi connectivity index (χ1) is 7.33. The lowest BCUT2D eigenvalue weighted by molar-refractivity contribution is -0.110. The zero-order chi connectivity index (χ0) is 10.4. The Hall–Kier alpha value is -0.930. The van der Waals surface area contributed by atoms with Crippen LogP contribution in [0, 0.1) is 5.41 Å². The first-order valence-electron chi connectivity index (χ1n) is 5.42. The number of pyridine rings is 1. The summed E-state index contributed by atoms with van der Waals surface area (Å²) in [5.74, 6) is 0. The molecule has 0 spiro atoms. The third-order valence-corrected chi connectivity index (χ3v) is 4.08. The van der Waals surface area contributed by atoms with Gasteiger partial charge in [-0.15, -0.1) is 0 Å². The SMILES string of the molecule is OCC1(C2(c3cccnc3)COC2)CC1. The molecule has 3 rings (SSSR count). The maximum atomic E-state index is 9.54. The summed E-state index contributed by atoms with van der Waals surface area (Å²) in [7, 11) is 0. The van der Waals surface area contributed by atoms with Gasteiger partial charge in [0.15, 0.2) is 0 Å². The minimum absolute atomic E-state index is 0.0377. The molecule has 2 fully saturated rings. The highest BCUT2D eigenvalue weighted by molar-refractivity contribution is 5.32. The summed E-state index contributed by atoms with van der Waals surface area (Å²) >= 11 is 0. The Morgan fingerprint density at radius 2 is 2.20 bits per heavy atom. The average Bonchev–Trinajstić information content (AvgIpc) is 2.99. The van der Waals surface area contributed by atoms with Crippen molar-refractivity contribution in [1.29, 1.82) is 0 Å². The smallest absolute Gasteiger partial charge is 0.0592 e. The van der Waals surface area contributed by atoms with Gasteiger partial charge in [-0.3, -0.25) is 4.98 Å².